The van der Waals surface area contributed by atoms with Gasteiger partial charge in [-0.3, -0.25) is 4.79 Å². The van der Waals surface area contributed by atoms with Crippen molar-refractivity contribution in [2.24, 2.45) is 5.92 Å². The van der Waals surface area contributed by atoms with Crippen LogP contribution in [0.5, 0.6) is 5.75 Å². The van der Waals surface area contributed by atoms with E-state index in [2.05, 4.69) is 13.8 Å². The fourth-order valence-electron chi connectivity index (χ4n) is 3.05. The van der Waals surface area contributed by atoms with E-state index in [1.807, 2.05) is 11.8 Å². The maximum atomic E-state index is 13.7. The van der Waals surface area contributed by atoms with Gasteiger partial charge in [0.05, 0.1) is 0 Å². The minimum Gasteiger partial charge on any atom is -0.478 e. The molecule has 1 heterocycles. The van der Waals surface area contributed by atoms with Gasteiger partial charge in [-0.25, -0.2) is 4.39 Å². The largest absolute Gasteiger partial charge is 0.478 e. The van der Waals surface area contributed by atoms with Crippen molar-refractivity contribution in [2.45, 2.75) is 52.2 Å². The van der Waals surface area contributed by atoms with Gasteiger partial charge in [-0.15, -0.1) is 0 Å². The van der Waals surface area contributed by atoms with Crippen molar-refractivity contribution in [2.75, 3.05) is 6.54 Å². The minimum absolute atomic E-state index is 0.0239. The van der Waals surface area contributed by atoms with Crippen molar-refractivity contribution >= 4 is 5.91 Å². The van der Waals surface area contributed by atoms with Gasteiger partial charge in [-0.1, -0.05) is 32.4 Å². The Hall–Kier alpha value is -1.58. The Morgan fingerprint density at radius 1 is 1.43 bits per heavy atom. The molecule has 0 aliphatic carbocycles. The predicted octanol–water partition coefficient (Wildman–Crippen LogP) is 3.63. The molecule has 3 atom stereocenters. The lowest BCUT2D eigenvalue weighted by molar-refractivity contribution is -0.139. The van der Waals surface area contributed by atoms with E-state index >= 15 is 0 Å². The quantitative estimate of drug-likeness (QED) is 0.829. The Balaban J connectivity index is 2.07. The summed E-state index contributed by atoms with van der Waals surface area (Å²) in [4.78, 5) is 14.5. The Morgan fingerprint density at radius 3 is 2.71 bits per heavy atom. The highest BCUT2D eigenvalue weighted by Gasteiger charge is 2.36. The third-order valence-electron chi connectivity index (χ3n) is 4.47. The fourth-order valence-corrected chi connectivity index (χ4v) is 3.05. The number of benzene rings is 1. The maximum Gasteiger partial charge on any atom is 0.263 e. The van der Waals surface area contributed by atoms with Gasteiger partial charge in [0, 0.05) is 12.6 Å². The summed E-state index contributed by atoms with van der Waals surface area (Å²) >= 11 is 0. The van der Waals surface area contributed by atoms with Crippen molar-refractivity contribution in [3.05, 3.63) is 30.1 Å². The zero-order valence-electron chi connectivity index (χ0n) is 13.0. The molecular weight excluding hydrogens is 269 g/mol. The van der Waals surface area contributed by atoms with Crippen LogP contribution >= 0.6 is 0 Å². The van der Waals surface area contributed by atoms with Crippen molar-refractivity contribution in [3.8, 4) is 5.75 Å². The number of likely N-dealkylation sites (tertiary alicyclic amines) is 1. The summed E-state index contributed by atoms with van der Waals surface area (Å²) < 4.78 is 19.3. The molecule has 1 aliphatic rings. The molecule has 2 rings (SSSR count). The van der Waals surface area contributed by atoms with Crippen LogP contribution in [0.4, 0.5) is 4.39 Å². The topological polar surface area (TPSA) is 29.5 Å². The second-order valence-corrected chi connectivity index (χ2v) is 5.67. The maximum absolute atomic E-state index is 13.7. The van der Waals surface area contributed by atoms with Crippen LogP contribution in [0.2, 0.25) is 0 Å². The van der Waals surface area contributed by atoms with Gasteiger partial charge in [-0.05, 0) is 37.8 Å². The molecule has 21 heavy (non-hydrogen) atoms. The van der Waals surface area contributed by atoms with Crippen molar-refractivity contribution in [1.29, 1.82) is 0 Å². The average molecular weight is 293 g/mol. The van der Waals surface area contributed by atoms with E-state index in [9.17, 15) is 9.18 Å². The Labute approximate surface area is 126 Å². The van der Waals surface area contributed by atoms with E-state index in [-0.39, 0.29) is 17.7 Å². The van der Waals surface area contributed by atoms with Crippen LogP contribution in [-0.4, -0.2) is 29.5 Å². The molecule has 116 valence electrons. The number of amides is 1. The molecule has 1 saturated heterocycles. The molecule has 0 spiro atoms. The summed E-state index contributed by atoms with van der Waals surface area (Å²) in [6, 6.07) is 6.47. The van der Waals surface area contributed by atoms with Crippen LogP contribution in [0.3, 0.4) is 0 Å². The summed E-state index contributed by atoms with van der Waals surface area (Å²) in [7, 11) is 0. The molecule has 0 unspecified atom stereocenters. The lowest BCUT2D eigenvalue weighted by Crippen LogP contribution is -2.44. The van der Waals surface area contributed by atoms with Crippen molar-refractivity contribution in [3.63, 3.8) is 0 Å². The molecule has 1 amide bonds. The molecule has 3 nitrogen and oxygen atoms in total. The van der Waals surface area contributed by atoms with Gasteiger partial charge in [0.1, 0.15) is 0 Å². The average Bonchev–Trinajstić information content (AvgIpc) is 2.86. The molecule has 1 fully saturated rings. The summed E-state index contributed by atoms with van der Waals surface area (Å²) in [5, 5.41) is 0. The van der Waals surface area contributed by atoms with Crippen molar-refractivity contribution in [1.82, 2.24) is 4.90 Å². The highest BCUT2D eigenvalue weighted by molar-refractivity contribution is 5.81. The molecule has 0 radical (unpaired) electrons. The van der Waals surface area contributed by atoms with E-state index in [0.29, 0.717) is 12.3 Å². The van der Waals surface area contributed by atoms with Crippen molar-refractivity contribution < 1.29 is 13.9 Å². The summed E-state index contributed by atoms with van der Waals surface area (Å²) in [6.45, 7) is 6.91. The van der Waals surface area contributed by atoms with Gasteiger partial charge >= 0.3 is 0 Å². The summed E-state index contributed by atoms with van der Waals surface area (Å²) in [5.41, 5.74) is 0. The van der Waals surface area contributed by atoms with Crippen LogP contribution in [0, 0.1) is 11.7 Å². The van der Waals surface area contributed by atoms with E-state index < -0.39 is 11.9 Å². The Kier molecular flexibility index (Phi) is 5.21. The molecule has 0 aromatic heterocycles. The molecule has 0 saturated carbocycles. The monoisotopic (exact) mass is 293 g/mol. The highest BCUT2D eigenvalue weighted by Crippen LogP contribution is 2.28. The molecule has 1 aromatic rings. The zero-order valence-corrected chi connectivity index (χ0v) is 13.0. The second kappa shape index (κ2) is 6.92. The lowest BCUT2D eigenvalue weighted by Gasteiger charge is -2.28. The first-order valence-corrected chi connectivity index (χ1v) is 7.80. The third kappa shape index (κ3) is 3.36. The van der Waals surface area contributed by atoms with Crippen LogP contribution in [0.1, 0.15) is 40.0 Å². The number of hydrogen-bond donors (Lipinski definition) is 0. The SMILES string of the molecule is CC[C@H]1CCN(C(=O)[C@H](CC)Oc2ccccc2F)[C@@H]1C. The third-order valence-corrected chi connectivity index (χ3v) is 4.47. The zero-order chi connectivity index (χ0) is 15.4. The second-order valence-electron chi connectivity index (χ2n) is 5.67. The van der Waals surface area contributed by atoms with Gasteiger partial charge < -0.3 is 9.64 Å². The number of rotatable bonds is 5. The molecular formula is C17H24FNO2. The molecule has 0 N–H and O–H groups in total. The molecule has 1 aliphatic heterocycles. The predicted molar refractivity (Wildman–Crippen MR) is 80.7 cm³/mol. The first-order valence-electron chi connectivity index (χ1n) is 7.80. The molecule has 0 bridgehead atoms. The first-order chi connectivity index (χ1) is 10.1. The van der Waals surface area contributed by atoms with Crippen LogP contribution in [-0.2, 0) is 4.79 Å². The summed E-state index contributed by atoms with van der Waals surface area (Å²) in [5.74, 6) is 0.255. The van der Waals surface area contributed by atoms with E-state index in [0.717, 1.165) is 19.4 Å². The molecule has 4 heteroatoms. The van der Waals surface area contributed by atoms with Crippen LogP contribution in [0.15, 0.2) is 24.3 Å². The Morgan fingerprint density at radius 2 is 2.14 bits per heavy atom. The molecule has 1 aromatic carbocycles. The van der Waals surface area contributed by atoms with E-state index in [1.165, 1.54) is 6.07 Å². The van der Waals surface area contributed by atoms with Gasteiger partial charge in [0.25, 0.3) is 5.91 Å². The number of carbonyl (C=O) groups is 1. The summed E-state index contributed by atoms with van der Waals surface area (Å²) in [6.07, 6.45) is 2.04. The smallest absolute Gasteiger partial charge is 0.263 e. The first kappa shape index (κ1) is 15.8. The van der Waals surface area contributed by atoms with E-state index in [1.54, 1.807) is 18.2 Å². The highest BCUT2D eigenvalue weighted by atomic mass is 19.1. The van der Waals surface area contributed by atoms with Gasteiger partial charge in [-0.2, -0.15) is 0 Å². The Bertz CT molecular complexity index is 491. The number of hydrogen-bond acceptors (Lipinski definition) is 2. The lowest BCUT2D eigenvalue weighted by atomic mass is 9.99. The standard InChI is InChI=1S/C17H24FNO2/c1-4-13-10-11-19(12(13)3)17(20)15(5-2)21-16-9-7-6-8-14(16)18/h6-9,12-13,15H,4-5,10-11H2,1-3H3/t12-,13+,15+/m1/s1. The van der Waals surface area contributed by atoms with Gasteiger partial charge in [0.2, 0.25) is 0 Å². The van der Waals surface area contributed by atoms with Gasteiger partial charge in [0.15, 0.2) is 17.7 Å². The fraction of sp³-hybridized carbons (Fsp3) is 0.588. The van der Waals surface area contributed by atoms with E-state index in [4.69, 9.17) is 4.74 Å². The normalized spacial score (nSPS) is 23.1. The number of para-hydroxylation sites is 1. The minimum atomic E-state index is -0.611. The number of halogens is 1. The number of nitrogens with zero attached hydrogens (tertiary/aromatic N) is 1. The van der Waals surface area contributed by atoms with Crippen LogP contribution < -0.4 is 4.74 Å². The van der Waals surface area contributed by atoms with Crippen LogP contribution in [0.25, 0.3) is 0 Å². The number of carbonyl (C=O) groups excluding carboxylic acids is 1. The number of ether oxygens (including phenoxy) is 1.